The molecule has 29 heavy (non-hydrogen) atoms. The van der Waals surface area contributed by atoms with Crippen LogP contribution in [0, 0.1) is 29.1 Å². The zero-order valence-corrected chi connectivity index (χ0v) is 18.2. The van der Waals surface area contributed by atoms with Gasteiger partial charge in [-0.2, -0.15) is 0 Å². The van der Waals surface area contributed by atoms with Gasteiger partial charge in [-0.25, -0.2) is 0 Å². The second-order valence-corrected chi connectivity index (χ2v) is 9.66. The van der Waals surface area contributed by atoms with Gasteiger partial charge in [0.2, 0.25) is 5.91 Å². The molecule has 5 nitrogen and oxygen atoms in total. The van der Waals surface area contributed by atoms with Crippen molar-refractivity contribution in [3.8, 4) is 0 Å². The summed E-state index contributed by atoms with van der Waals surface area (Å²) >= 11 is 0. The summed E-state index contributed by atoms with van der Waals surface area (Å²) in [4.78, 5) is 27.1. The summed E-state index contributed by atoms with van der Waals surface area (Å²) < 4.78 is 0. The predicted molar refractivity (Wildman–Crippen MR) is 113 cm³/mol. The first kappa shape index (κ1) is 22.0. The van der Waals surface area contributed by atoms with Crippen LogP contribution < -0.4 is 5.32 Å². The van der Waals surface area contributed by atoms with E-state index in [0.29, 0.717) is 18.8 Å². The Morgan fingerprint density at radius 2 is 1.90 bits per heavy atom. The van der Waals surface area contributed by atoms with E-state index in [1.807, 2.05) is 13.0 Å². The normalized spacial score (nSPS) is 43.4. The van der Waals surface area contributed by atoms with Gasteiger partial charge in [0.25, 0.3) is 0 Å². The van der Waals surface area contributed by atoms with Gasteiger partial charge < -0.3 is 15.5 Å². The monoisotopic (exact) mass is 401 g/mol. The highest BCUT2D eigenvalue weighted by Crippen LogP contribution is 2.55. The summed E-state index contributed by atoms with van der Waals surface area (Å²) in [6, 6.07) is -0.0599. The van der Waals surface area contributed by atoms with Gasteiger partial charge in [0.05, 0.1) is 12.2 Å². The Kier molecular flexibility index (Phi) is 6.21. The number of hydrogen-bond donors (Lipinski definition) is 3. The predicted octanol–water partition coefficient (Wildman–Crippen LogP) is 2.93. The zero-order valence-electron chi connectivity index (χ0n) is 18.2. The van der Waals surface area contributed by atoms with Crippen LogP contribution >= 0.6 is 0 Å². The average molecular weight is 402 g/mol. The number of carbonyl (C=O) groups is 2. The van der Waals surface area contributed by atoms with Crippen LogP contribution in [0.2, 0.25) is 0 Å². The number of carbonyl (C=O) groups excluding carboxylic acids is 2. The van der Waals surface area contributed by atoms with Crippen LogP contribution in [0.3, 0.4) is 0 Å². The molecule has 1 spiro atoms. The molecule has 3 aliphatic rings. The van der Waals surface area contributed by atoms with Crippen molar-refractivity contribution < 1.29 is 19.8 Å². The van der Waals surface area contributed by atoms with Crippen molar-refractivity contribution in [3.63, 3.8) is 0 Å². The molecule has 0 saturated carbocycles. The largest absolute Gasteiger partial charge is 0.390 e. The first-order valence-electron chi connectivity index (χ1n) is 10.8. The second-order valence-electron chi connectivity index (χ2n) is 9.66. The van der Waals surface area contributed by atoms with Crippen LogP contribution in [0.1, 0.15) is 53.9 Å². The molecule has 7 atom stereocenters. The molecule has 0 radical (unpaired) electrons. The SMILES string of the molecule is CC1=C[C@@H]2/C=C(\C)CC[C@H](O)[C@H](O)/C=C/C(=O)[C@]23C(=O)N[C@H](CC(C)C)[C@@H]3[C@@H]1C. The Labute approximate surface area is 174 Å². The third-order valence-corrected chi connectivity index (χ3v) is 7.15. The van der Waals surface area contributed by atoms with Crippen molar-refractivity contribution in [1.29, 1.82) is 0 Å². The van der Waals surface area contributed by atoms with Gasteiger partial charge >= 0.3 is 0 Å². The maximum Gasteiger partial charge on any atom is 0.235 e. The first-order chi connectivity index (χ1) is 13.6. The summed E-state index contributed by atoms with van der Waals surface area (Å²) in [5.74, 6) is -0.455. The molecule has 1 fully saturated rings. The maximum atomic E-state index is 13.6. The molecule has 1 saturated heterocycles. The molecule has 0 aromatic rings. The van der Waals surface area contributed by atoms with Gasteiger partial charge in [0, 0.05) is 17.9 Å². The van der Waals surface area contributed by atoms with Crippen LogP contribution in [-0.4, -0.2) is 40.2 Å². The van der Waals surface area contributed by atoms with Crippen molar-refractivity contribution in [3.05, 3.63) is 35.5 Å². The van der Waals surface area contributed by atoms with E-state index < -0.39 is 17.6 Å². The number of aliphatic hydroxyl groups excluding tert-OH is 2. The number of aliphatic hydroxyl groups is 2. The Morgan fingerprint density at radius 3 is 2.55 bits per heavy atom. The molecule has 3 rings (SSSR count). The molecule has 0 aromatic carbocycles. The third-order valence-electron chi connectivity index (χ3n) is 7.15. The average Bonchev–Trinajstić information content (AvgIpc) is 2.93. The van der Waals surface area contributed by atoms with Crippen LogP contribution in [0.15, 0.2) is 35.5 Å². The van der Waals surface area contributed by atoms with E-state index in [0.717, 1.165) is 12.0 Å². The smallest absolute Gasteiger partial charge is 0.235 e. The highest BCUT2D eigenvalue weighted by molar-refractivity contribution is 6.13. The Morgan fingerprint density at radius 1 is 1.21 bits per heavy atom. The summed E-state index contributed by atoms with van der Waals surface area (Å²) in [6.07, 6.45) is 6.60. The number of hydrogen-bond acceptors (Lipinski definition) is 4. The van der Waals surface area contributed by atoms with Crippen LogP contribution in [-0.2, 0) is 9.59 Å². The van der Waals surface area contributed by atoms with Crippen LogP contribution in [0.4, 0.5) is 0 Å². The number of allylic oxidation sites excluding steroid dienone is 5. The highest BCUT2D eigenvalue weighted by Gasteiger charge is 2.64. The number of amides is 1. The van der Waals surface area contributed by atoms with Crippen molar-refractivity contribution in [1.82, 2.24) is 5.32 Å². The zero-order chi connectivity index (χ0) is 21.5. The fourth-order valence-electron chi connectivity index (χ4n) is 5.53. The van der Waals surface area contributed by atoms with Gasteiger partial charge in [-0.05, 0) is 51.0 Å². The van der Waals surface area contributed by atoms with E-state index in [2.05, 4.69) is 39.1 Å². The van der Waals surface area contributed by atoms with E-state index >= 15 is 0 Å². The molecule has 0 unspecified atom stereocenters. The molecule has 0 bridgehead atoms. The minimum atomic E-state index is -1.20. The van der Waals surface area contributed by atoms with E-state index in [-0.39, 0.29) is 35.5 Å². The summed E-state index contributed by atoms with van der Waals surface area (Å²) in [6.45, 7) is 10.4. The minimum Gasteiger partial charge on any atom is -0.390 e. The van der Waals surface area contributed by atoms with E-state index in [1.165, 1.54) is 17.7 Å². The topological polar surface area (TPSA) is 86.6 Å². The Balaban J connectivity index is 2.20. The third kappa shape index (κ3) is 3.75. The molecule has 1 aliphatic heterocycles. The maximum absolute atomic E-state index is 13.6. The van der Waals surface area contributed by atoms with Crippen molar-refractivity contribution in [2.45, 2.75) is 72.1 Å². The molecule has 1 heterocycles. The standard InChI is InChI=1S/C24H35NO4/c1-13(2)10-18-22-16(5)15(4)12-17-11-14(3)6-7-19(26)20(27)8-9-21(28)24(17,22)23(29)25-18/h8-9,11-13,16-20,22,26-27H,6-7,10H2,1-5H3,(H,25,29)/b9-8+,14-11+/t16-,17+,18-,19+,20-,22+,24-/m1/s1. The number of nitrogens with one attached hydrogen (secondary N) is 1. The van der Waals surface area contributed by atoms with Crippen molar-refractivity contribution in [2.75, 3.05) is 0 Å². The van der Waals surface area contributed by atoms with Crippen molar-refractivity contribution in [2.24, 2.45) is 29.1 Å². The molecule has 160 valence electrons. The lowest BCUT2D eigenvalue weighted by Gasteiger charge is -2.44. The second kappa shape index (κ2) is 8.19. The molecule has 1 amide bonds. The summed E-state index contributed by atoms with van der Waals surface area (Å²) in [5.41, 5.74) is 1.02. The summed E-state index contributed by atoms with van der Waals surface area (Å²) in [5, 5.41) is 23.6. The van der Waals surface area contributed by atoms with Gasteiger partial charge in [-0.3, -0.25) is 9.59 Å². The van der Waals surface area contributed by atoms with Crippen LogP contribution in [0.25, 0.3) is 0 Å². The van der Waals surface area contributed by atoms with E-state index in [9.17, 15) is 19.8 Å². The first-order valence-corrected chi connectivity index (χ1v) is 10.8. The quantitative estimate of drug-likeness (QED) is 0.490. The van der Waals surface area contributed by atoms with Crippen LogP contribution in [0.5, 0.6) is 0 Å². The lowest BCUT2D eigenvalue weighted by atomic mass is 9.55. The van der Waals surface area contributed by atoms with Gasteiger partial charge in [-0.15, -0.1) is 0 Å². The molecular weight excluding hydrogens is 366 g/mol. The fraction of sp³-hybridized carbons (Fsp3) is 0.667. The lowest BCUT2D eigenvalue weighted by molar-refractivity contribution is -0.142. The molecule has 3 N–H and O–H groups in total. The Bertz CT molecular complexity index is 765. The Hall–Kier alpha value is -1.72. The van der Waals surface area contributed by atoms with E-state index in [4.69, 9.17) is 0 Å². The van der Waals surface area contributed by atoms with Gasteiger partial charge in [0.15, 0.2) is 5.78 Å². The molecule has 5 heteroatoms. The lowest BCUT2D eigenvalue weighted by Crippen LogP contribution is -2.51. The molecule has 2 aliphatic carbocycles. The summed E-state index contributed by atoms with van der Waals surface area (Å²) in [7, 11) is 0. The molecule has 0 aromatic heterocycles. The van der Waals surface area contributed by atoms with E-state index in [1.54, 1.807) is 0 Å². The number of rotatable bonds is 2. The van der Waals surface area contributed by atoms with Gasteiger partial charge in [-0.1, -0.05) is 50.1 Å². The minimum absolute atomic E-state index is 0.0599. The fourth-order valence-corrected chi connectivity index (χ4v) is 5.53. The molecular formula is C24H35NO4. The highest BCUT2D eigenvalue weighted by atomic mass is 16.3. The number of ketones is 1. The van der Waals surface area contributed by atoms with Gasteiger partial charge in [0.1, 0.15) is 5.41 Å². The van der Waals surface area contributed by atoms with Crippen molar-refractivity contribution >= 4 is 11.7 Å².